The number of benzene rings is 1. The fourth-order valence-corrected chi connectivity index (χ4v) is 4.03. The molecule has 2 fully saturated rings. The summed E-state index contributed by atoms with van der Waals surface area (Å²) in [7, 11) is 0. The number of carbonyl (C=O) groups excluding carboxylic acids is 1. The Hall–Kier alpha value is -1.15. The predicted molar refractivity (Wildman–Crippen MR) is 86.3 cm³/mol. The molecular weight excluding hydrogens is 258 g/mol. The Morgan fingerprint density at radius 2 is 1.86 bits per heavy atom. The van der Waals surface area contributed by atoms with E-state index in [-0.39, 0.29) is 6.04 Å². The zero-order valence-electron chi connectivity index (χ0n) is 12.9. The summed E-state index contributed by atoms with van der Waals surface area (Å²) in [6.07, 6.45) is 10.4. The van der Waals surface area contributed by atoms with Gasteiger partial charge in [-0.25, -0.2) is 0 Å². The first-order chi connectivity index (χ1) is 10.3. The van der Waals surface area contributed by atoms with Crippen LogP contribution in [0.25, 0.3) is 0 Å². The molecule has 0 bridgehead atoms. The van der Waals surface area contributed by atoms with Crippen molar-refractivity contribution in [3.05, 3.63) is 35.9 Å². The van der Waals surface area contributed by atoms with Crippen LogP contribution >= 0.6 is 0 Å². The van der Waals surface area contributed by atoms with Crippen molar-refractivity contribution in [3.8, 4) is 0 Å². The minimum Gasteiger partial charge on any atom is -0.304 e. The summed E-state index contributed by atoms with van der Waals surface area (Å²) in [5, 5.41) is 3.65. The number of rotatable bonds is 5. The minimum atomic E-state index is 0.139. The summed E-state index contributed by atoms with van der Waals surface area (Å²) >= 11 is 0. The maximum atomic E-state index is 12.4. The third kappa shape index (κ3) is 3.94. The maximum Gasteiger partial charge on any atom is 0.149 e. The number of fused-ring (bicyclic) bond motifs is 1. The van der Waals surface area contributed by atoms with Gasteiger partial charge < -0.3 is 5.32 Å². The molecule has 3 atom stereocenters. The third-order valence-electron chi connectivity index (χ3n) is 5.27. The van der Waals surface area contributed by atoms with E-state index < -0.39 is 0 Å². The summed E-state index contributed by atoms with van der Waals surface area (Å²) in [4.78, 5) is 12.4. The van der Waals surface area contributed by atoms with Crippen LogP contribution in [-0.4, -0.2) is 17.9 Å². The van der Waals surface area contributed by atoms with Crippen molar-refractivity contribution < 1.29 is 4.79 Å². The van der Waals surface area contributed by atoms with Crippen LogP contribution in [0, 0.1) is 5.92 Å². The van der Waals surface area contributed by atoms with E-state index in [0.29, 0.717) is 11.8 Å². The van der Waals surface area contributed by atoms with Gasteiger partial charge in [-0.05, 0) is 50.0 Å². The molecule has 2 aliphatic rings. The first kappa shape index (κ1) is 14.8. The molecule has 1 saturated heterocycles. The number of carbonyl (C=O) groups is 1. The van der Waals surface area contributed by atoms with Crippen molar-refractivity contribution in [1.29, 1.82) is 0 Å². The molecule has 0 amide bonds. The Labute approximate surface area is 128 Å². The van der Waals surface area contributed by atoms with Gasteiger partial charge in [0, 0.05) is 12.5 Å². The van der Waals surface area contributed by atoms with Crippen molar-refractivity contribution in [1.82, 2.24) is 5.32 Å². The average Bonchev–Trinajstić information content (AvgIpc) is 2.55. The second-order valence-corrected chi connectivity index (χ2v) is 6.75. The van der Waals surface area contributed by atoms with E-state index in [1.165, 1.54) is 37.7 Å². The van der Waals surface area contributed by atoms with Crippen LogP contribution in [0.5, 0.6) is 0 Å². The molecule has 1 aliphatic carbocycles. The monoisotopic (exact) mass is 285 g/mol. The van der Waals surface area contributed by atoms with Crippen molar-refractivity contribution in [2.24, 2.45) is 5.92 Å². The van der Waals surface area contributed by atoms with E-state index in [2.05, 4.69) is 29.6 Å². The molecule has 3 unspecified atom stereocenters. The Morgan fingerprint density at radius 1 is 1.05 bits per heavy atom. The molecule has 0 radical (unpaired) electrons. The molecule has 114 valence electrons. The van der Waals surface area contributed by atoms with Gasteiger partial charge >= 0.3 is 0 Å². The Balaban J connectivity index is 1.43. The molecule has 2 heteroatoms. The summed E-state index contributed by atoms with van der Waals surface area (Å²) < 4.78 is 0. The van der Waals surface area contributed by atoms with E-state index in [4.69, 9.17) is 0 Å². The van der Waals surface area contributed by atoms with Gasteiger partial charge in [0.1, 0.15) is 5.78 Å². The highest BCUT2D eigenvalue weighted by molar-refractivity contribution is 5.84. The fourth-order valence-electron chi connectivity index (χ4n) is 4.03. The molecule has 1 aliphatic heterocycles. The van der Waals surface area contributed by atoms with Crippen LogP contribution in [0.15, 0.2) is 30.3 Å². The second kappa shape index (κ2) is 7.22. The molecule has 0 spiro atoms. The van der Waals surface area contributed by atoms with Gasteiger partial charge in [0.2, 0.25) is 0 Å². The quantitative estimate of drug-likeness (QED) is 0.889. The molecule has 1 aromatic carbocycles. The topological polar surface area (TPSA) is 29.1 Å². The van der Waals surface area contributed by atoms with Crippen molar-refractivity contribution >= 4 is 5.78 Å². The van der Waals surface area contributed by atoms with Gasteiger partial charge in [0.05, 0.1) is 6.04 Å². The lowest BCUT2D eigenvalue weighted by Crippen LogP contribution is -2.52. The van der Waals surface area contributed by atoms with Crippen LogP contribution < -0.4 is 5.32 Å². The lowest BCUT2D eigenvalue weighted by atomic mass is 9.77. The van der Waals surface area contributed by atoms with Crippen LogP contribution in [0.4, 0.5) is 0 Å². The Kier molecular flexibility index (Phi) is 5.08. The number of ketones is 1. The molecule has 1 aromatic rings. The van der Waals surface area contributed by atoms with E-state index in [1.54, 1.807) is 0 Å². The molecule has 1 saturated carbocycles. The molecule has 3 rings (SSSR count). The van der Waals surface area contributed by atoms with E-state index in [0.717, 1.165) is 31.6 Å². The molecule has 0 aromatic heterocycles. The van der Waals surface area contributed by atoms with Gasteiger partial charge in [-0.2, -0.15) is 0 Å². The smallest absolute Gasteiger partial charge is 0.149 e. The van der Waals surface area contributed by atoms with E-state index in [1.807, 2.05) is 6.07 Å². The minimum absolute atomic E-state index is 0.139. The fraction of sp³-hybridized carbons (Fsp3) is 0.632. The van der Waals surface area contributed by atoms with Gasteiger partial charge in [0.15, 0.2) is 0 Å². The molecule has 2 nitrogen and oxygen atoms in total. The van der Waals surface area contributed by atoms with Gasteiger partial charge in [-0.15, -0.1) is 0 Å². The standard InChI is InChI=1S/C19H27NO/c21-19(12-6-9-15-7-2-1-3-8-15)18-14-13-16-10-4-5-11-17(16)20-18/h1-3,7-8,16-18,20H,4-6,9-14H2. The highest BCUT2D eigenvalue weighted by Crippen LogP contribution is 2.32. The first-order valence-corrected chi connectivity index (χ1v) is 8.65. The molecular formula is C19H27NO. The number of hydrogen-bond acceptors (Lipinski definition) is 2. The SMILES string of the molecule is O=C(CCCc1ccccc1)C1CCC2CCCCC2N1. The number of aryl methyl sites for hydroxylation is 1. The van der Waals surface area contributed by atoms with Crippen LogP contribution in [0.3, 0.4) is 0 Å². The van der Waals surface area contributed by atoms with Crippen LogP contribution in [-0.2, 0) is 11.2 Å². The largest absolute Gasteiger partial charge is 0.304 e. The zero-order valence-corrected chi connectivity index (χ0v) is 12.9. The second-order valence-electron chi connectivity index (χ2n) is 6.75. The molecule has 1 N–H and O–H groups in total. The Morgan fingerprint density at radius 3 is 2.71 bits per heavy atom. The number of nitrogens with one attached hydrogen (secondary N) is 1. The highest BCUT2D eigenvalue weighted by atomic mass is 16.1. The summed E-state index contributed by atoms with van der Waals surface area (Å²) in [5.41, 5.74) is 1.34. The number of hydrogen-bond donors (Lipinski definition) is 1. The predicted octanol–water partition coefficient (Wildman–Crippen LogP) is 3.89. The lowest BCUT2D eigenvalue weighted by molar-refractivity contribution is -0.122. The number of Topliss-reactive ketones (excluding diaryl/α,β-unsaturated/α-hetero) is 1. The summed E-state index contributed by atoms with van der Waals surface area (Å²) in [6.45, 7) is 0. The first-order valence-electron chi connectivity index (χ1n) is 8.65. The van der Waals surface area contributed by atoms with Crippen LogP contribution in [0.2, 0.25) is 0 Å². The third-order valence-corrected chi connectivity index (χ3v) is 5.27. The molecule has 1 heterocycles. The average molecular weight is 285 g/mol. The van der Waals surface area contributed by atoms with E-state index in [9.17, 15) is 4.79 Å². The van der Waals surface area contributed by atoms with Crippen molar-refractivity contribution in [3.63, 3.8) is 0 Å². The Bertz CT molecular complexity index is 456. The maximum absolute atomic E-state index is 12.4. The number of piperidine rings is 1. The lowest BCUT2D eigenvalue weighted by Gasteiger charge is -2.40. The summed E-state index contributed by atoms with van der Waals surface area (Å²) in [5.74, 6) is 1.28. The van der Waals surface area contributed by atoms with Gasteiger partial charge in [0.25, 0.3) is 0 Å². The van der Waals surface area contributed by atoms with Gasteiger partial charge in [-0.1, -0.05) is 43.2 Å². The molecule has 21 heavy (non-hydrogen) atoms. The van der Waals surface area contributed by atoms with Gasteiger partial charge in [-0.3, -0.25) is 4.79 Å². The van der Waals surface area contributed by atoms with Crippen molar-refractivity contribution in [2.45, 2.75) is 69.9 Å². The zero-order chi connectivity index (χ0) is 14.5. The van der Waals surface area contributed by atoms with E-state index >= 15 is 0 Å². The highest BCUT2D eigenvalue weighted by Gasteiger charge is 2.33. The normalized spacial score (nSPS) is 28.9. The van der Waals surface area contributed by atoms with Crippen LogP contribution in [0.1, 0.15) is 56.9 Å². The summed E-state index contributed by atoms with van der Waals surface area (Å²) in [6, 6.07) is 11.2. The van der Waals surface area contributed by atoms with Crippen molar-refractivity contribution in [2.75, 3.05) is 0 Å².